The normalized spacial score (nSPS) is 10.6. The molecule has 0 aliphatic heterocycles. The number of aromatic carboxylic acids is 1. The lowest BCUT2D eigenvalue weighted by molar-refractivity contribution is 0.0692. The molecule has 5 heteroatoms. The van der Waals surface area contributed by atoms with Crippen LogP contribution in [0, 0.1) is 11.7 Å². The Morgan fingerprint density at radius 1 is 1.53 bits per heavy atom. The summed E-state index contributed by atoms with van der Waals surface area (Å²) in [6, 6.07) is 2.26. The third-order valence-electron chi connectivity index (χ3n) is 2.41. The second kappa shape index (κ2) is 5.52. The molecule has 0 amide bonds. The van der Waals surface area contributed by atoms with E-state index >= 15 is 0 Å². The summed E-state index contributed by atoms with van der Waals surface area (Å²) in [5.41, 5.74) is 5.93. The number of carbonyl (C=O) groups is 1. The van der Waals surface area contributed by atoms with Crippen LogP contribution in [-0.2, 0) is 0 Å². The number of carboxylic acid groups (broad SMARTS) is 1. The molecular weight excluding hydrogens is 223 g/mol. The molecule has 0 fully saturated rings. The zero-order valence-corrected chi connectivity index (χ0v) is 9.96. The van der Waals surface area contributed by atoms with E-state index in [0.29, 0.717) is 18.2 Å². The fourth-order valence-electron chi connectivity index (χ4n) is 1.40. The molecule has 0 saturated heterocycles. The fraction of sp³-hybridized carbons (Fsp3) is 0.417. The average molecular weight is 240 g/mol. The zero-order valence-electron chi connectivity index (χ0n) is 9.96. The Bertz CT molecular complexity index is 419. The molecule has 0 aliphatic rings. The van der Waals surface area contributed by atoms with Gasteiger partial charge in [0.2, 0.25) is 0 Å². The lowest BCUT2D eigenvalue weighted by atomic mass is 10.1. The topological polar surface area (TPSA) is 75.3 Å². The molecule has 17 heavy (non-hydrogen) atoms. The van der Waals surface area contributed by atoms with Gasteiger partial charge in [0, 0.05) is 6.54 Å². The van der Waals surface area contributed by atoms with Crippen molar-refractivity contribution >= 4 is 17.3 Å². The Morgan fingerprint density at radius 2 is 2.18 bits per heavy atom. The Labute approximate surface area is 99.6 Å². The molecule has 0 aliphatic carbocycles. The van der Waals surface area contributed by atoms with E-state index in [1.165, 1.54) is 0 Å². The first-order valence-corrected chi connectivity index (χ1v) is 5.48. The van der Waals surface area contributed by atoms with Gasteiger partial charge in [0.15, 0.2) is 0 Å². The van der Waals surface area contributed by atoms with Crippen LogP contribution in [0.4, 0.5) is 15.8 Å². The number of nitrogens with one attached hydrogen (secondary N) is 1. The molecule has 94 valence electrons. The number of rotatable bonds is 5. The number of benzene rings is 1. The van der Waals surface area contributed by atoms with Crippen LogP contribution in [0.1, 0.15) is 30.6 Å². The number of anilines is 2. The first-order valence-electron chi connectivity index (χ1n) is 5.48. The van der Waals surface area contributed by atoms with Gasteiger partial charge in [0.1, 0.15) is 5.82 Å². The van der Waals surface area contributed by atoms with Gasteiger partial charge in [-0.3, -0.25) is 0 Å². The van der Waals surface area contributed by atoms with E-state index in [0.717, 1.165) is 18.6 Å². The Kier molecular flexibility index (Phi) is 4.31. The summed E-state index contributed by atoms with van der Waals surface area (Å²) < 4.78 is 13.4. The lowest BCUT2D eigenvalue weighted by Crippen LogP contribution is -2.09. The Hall–Kier alpha value is -1.78. The van der Waals surface area contributed by atoms with E-state index in [-0.39, 0.29) is 5.69 Å². The highest BCUT2D eigenvalue weighted by Gasteiger charge is 2.13. The molecular formula is C12H17FN2O2. The summed E-state index contributed by atoms with van der Waals surface area (Å²) in [7, 11) is 0. The van der Waals surface area contributed by atoms with Crippen molar-refractivity contribution in [3.63, 3.8) is 0 Å². The maximum Gasteiger partial charge on any atom is 0.338 e. The molecule has 0 bridgehead atoms. The predicted octanol–water partition coefficient (Wildman–Crippen LogP) is 2.56. The zero-order chi connectivity index (χ0) is 13.0. The third-order valence-corrected chi connectivity index (χ3v) is 2.41. The van der Waals surface area contributed by atoms with Crippen LogP contribution in [0.3, 0.4) is 0 Å². The van der Waals surface area contributed by atoms with Crippen molar-refractivity contribution in [2.24, 2.45) is 5.92 Å². The number of nitrogen functional groups attached to an aromatic ring is 1. The van der Waals surface area contributed by atoms with Crippen molar-refractivity contribution in [1.29, 1.82) is 0 Å². The summed E-state index contributed by atoms with van der Waals surface area (Å²) in [6.07, 6.45) is 0.932. The monoisotopic (exact) mass is 240 g/mol. The fourth-order valence-corrected chi connectivity index (χ4v) is 1.40. The molecule has 1 rings (SSSR count). The number of hydrogen-bond acceptors (Lipinski definition) is 3. The molecule has 0 radical (unpaired) electrons. The summed E-state index contributed by atoms with van der Waals surface area (Å²) in [5.74, 6) is -1.56. The second-order valence-electron chi connectivity index (χ2n) is 4.33. The predicted molar refractivity (Wildman–Crippen MR) is 65.7 cm³/mol. The quantitative estimate of drug-likeness (QED) is 0.691. The summed E-state index contributed by atoms with van der Waals surface area (Å²) in [4.78, 5) is 10.7. The molecule has 0 unspecified atom stereocenters. The Balaban J connectivity index is 2.81. The van der Waals surface area contributed by atoms with Gasteiger partial charge in [-0.05, 0) is 24.5 Å². The van der Waals surface area contributed by atoms with Crippen LogP contribution >= 0.6 is 0 Å². The number of carboxylic acids is 1. The minimum atomic E-state index is -1.32. The van der Waals surface area contributed by atoms with Crippen LogP contribution in [-0.4, -0.2) is 17.6 Å². The van der Waals surface area contributed by atoms with Gasteiger partial charge in [0.25, 0.3) is 0 Å². The van der Waals surface area contributed by atoms with Gasteiger partial charge >= 0.3 is 5.97 Å². The van der Waals surface area contributed by atoms with E-state index in [4.69, 9.17) is 10.8 Å². The van der Waals surface area contributed by atoms with Gasteiger partial charge in [-0.1, -0.05) is 13.8 Å². The van der Waals surface area contributed by atoms with E-state index < -0.39 is 17.3 Å². The Morgan fingerprint density at radius 3 is 2.71 bits per heavy atom. The lowest BCUT2D eigenvalue weighted by Gasteiger charge is -2.11. The summed E-state index contributed by atoms with van der Waals surface area (Å²) in [5, 5.41) is 11.7. The largest absolute Gasteiger partial charge is 0.478 e. The van der Waals surface area contributed by atoms with Gasteiger partial charge < -0.3 is 16.2 Å². The second-order valence-corrected chi connectivity index (χ2v) is 4.33. The van der Waals surface area contributed by atoms with Crippen LogP contribution in [0.2, 0.25) is 0 Å². The molecule has 1 aromatic rings. The highest BCUT2D eigenvalue weighted by atomic mass is 19.1. The molecule has 0 atom stereocenters. The molecule has 0 spiro atoms. The van der Waals surface area contributed by atoms with Crippen molar-refractivity contribution < 1.29 is 14.3 Å². The minimum absolute atomic E-state index is 0.243. The first kappa shape index (κ1) is 13.3. The standard InChI is InChI=1S/C12H17FN2O2/c1-7(2)3-4-15-11-6-9(13)8(12(16)17)5-10(11)14/h5-7,15H,3-4,14H2,1-2H3,(H,16,17). The van der Waals surface area contributed by atoms with E-state index in [1.807, 2.05) is 0 Å². The maximum absolute atomic E-state index is 13.4. The van der Waals surface area contributed by atoms with Crippen molar-refractivity contribution in [1.82, 2.24) is 0 Å². The minimum Gasteiger partial charge on any atom is -0.478 e. The van der Waals surface area contributed by atoms with Crippen molar-refractivity contribution in [3.05, 3.63) is 23.5 Å². The van der Waals surface area contributed by atoms with Crippen LogP contribution < -0.4 is 11.1 Å². The van der Waals surface area contributed by atoms with Gasteiger partial charge in [0.05, 0.1) is 16.9 Å². The molecule has 4 nitrogen and oxygen atoms in total. The van der Waals surface area contributed by atoms with Crippen LogP contribution in [0.15, 0.2) is 12.1 Å². The number of hydrogen-bond donors (Lipinski definition) is 3. The van der Waals surface area contributed by atoms with E-state index in [9.17, 15) is 9.18 Å². The van der Waals surface area contributed by atoms with Gasteiger partial charge in [-0.15, -0.1) is 0 Å². The van der Waals surface area contributed by atoms with Crippen molar-refractivity contribution in [3.8, 4) is 0 Å². The average Bonchev–Trinajstić information content (AvgIpc) is 2.21. The molecule has 0 aromatic heterocycles. The smallest absolute Gasteiger partial charge is 0.338 e. The van der Waals surface area contributed by atoms with E-state index in [2.05, 4.69) is 19.2 Å². The van der Waals surface area contributed by atoms with Crippen LogP contribution in [0.5, 0.6) is 0 Å². The number of nitrogens with two attached hydrogens (primary N) is 1. The van der Waals surface area contributed by atoms with Crippen molar-refractivity contribution in [2.75, 3.05) is 17.6 Å². The SMILES string of the molecule is CC(C)CCNc1cc(F)c(C(=O)O)cc1N. The highest BCUT2D eigenvalue weighted by Crippen LogP contribution is 2.23. The van der Waals surface area contributed by atoms with E-state index in [1.54, 1.807) is 0 Å². The van der Waals surface area contributed by atoms with Crippen LogP contribution in [0.25, 0.3) is 0 Å². The molecule has 0 saturated carbocycles. The highest BCUT2D eigenvalue weighted by molar-refractivity contribution is 5.90. The number of halogens is 1. The third kappa shape index (κ3) is 3.62. The maximum atomic E-state index is 13.4. The van der Waals surface area contributed by atoms with Gasteiger partial charge in [-0.2, -0.15) is 0 Å². The summed E-state index contributed by atoms with van der Waals surface area (Å²) >= 11 is 0. The molecule has 1 aromatic carbocycles. The molecule has 4 N–H and O–H groups in total. The van der Waals surface area contributed by atoms with Crippen molar-refractivity contribution in [2.45, 2.75) is 20.3 Å². The molecule has 0 heterocycles. The van der Waals surface area contributed by atoms with Gasteiger partial charge in [-0.25, -0.2) is 9.18 Å². The first-order chi connectivity index (χ1) is 7.91. The summed E-state index contributed by atoms with van der Waals surface area (Å²) in [6.45, 7) is 4.84.